The molecule has 9 heteroatoms. The van der Waals surface area contributed by atoms with E-state index in [9.17, 15) is 14.4 Å². The lowest BCUT2D eigenvalue weighted by Crippen LogP contribution is -2.23. The molecule has 0 saturated heterocycles. The second kappa shape index (κ2) is 8.26. The minimum Gasteiger partial charge on any atom is -0.383 e. The molecule has 0 fully saturated rings. The summed E-state index contributed by atoms with van der Waals surface area (Å²) in [5, 5.41) is 10.7. The first kappa shape index (κ1) is 19.5. The minimum absolute atomic E-state index is 0.0273. The van der Waals surface area contributed by atoms with Crippen molar-refractivity contribution in [2.45, 2.75) is 13.0 Å². The largest absolute Gasteiger partial charge is 0.383 e. The summed E-state index contributed by atoms with van der Waals surface area (Å²) in [7, 11) is 1.56. The number of rotatable bonds is 6. The van der Waals surface area contributed by atoms with Crippen LogP contribution in [0.4, 0.5) is 5.69 Å². The van der Waals surface area contributed by atoms with Crippen molar-refractivity contribution >= 4 is 33.3 Å². The van der Waals surface area contributed by atoms with Gasteiger partial charge in [-0.25, -0.2) is 10.1 Å². The molecule has 0 aliphatic rings. The van der Waals surface area contributed by atoms with Crippen molar-refractivity contribution in [3.05, 3.63) is 75.2 Å². The van der Waals surface area contributed by atoms with Crippen LogP contribution in [-0.2, 0) is 22.5 Å². The highest BCUT2D eigenvalue weighted by atomic mass is 16.5. The molecule has 2 aromatic carbocycles. The average Bonchev–Trinajstić information content (AvgIpc) is 2.76. The molecule has 2 aromatic heterocycles. The standard InChI is InChI=1S/C21H19N5O4/c1-30-9-8-26-12-22-17-7-6-13(10-16(17)21(26)29)23-19(27)11-18-14-4-2-3-5-15(14)20(28)25-24-18/h2-7,10,12H,8-9,11H2,1H3,(H,23,27)(H,25,28). The molecule has 4 rings (SSSR count). The first-order valence-electron chi connectivity index (χ1n) is 9.31. The smallest absolute Gasteiger partial charge is 0.272 e. The van der Waals surface area contributed by atoms with Crippen molar-refractivity contribution in [3.63, 3.8) is 0 Å². The molecule has 0 spiro atoms. The van der Waals surface area contributed by atoms with Gasteiger partial charge >= 0.3 is 0 Å². The first-order valence-corrected chi connectivity index (χ1v) is 9.31. The number of hydrogen-bond acceptors (Lipinski definition) is 6. The lowest BCUT2D eigenvalue weighted by molar-refractivity contribution is -0.115. The quantitative estimate of drug-likeness (QED) is 0.501. The Labute approximate surface area is 170 Å². The van der Waals surface area contributed by atoms with Gasteiger partial charge in [0, 0.05) is 18.2 Å². The number of aromatic amines is 1. The van der Waals surface area contributed by atoms with E-state index in [2.05, 4.69) is 20.5 Å². The van der Waals surface area contributed by atoms with Crippen molar-refractivity contribution in [3.8, 4) is 0 Å². The van der Waals surface area contributed by atoms with E-state index in [-0.39, 0.29) is 23.4 Å². The zero-order valence-corrected chi connectivity index (χ0v) is 16.2. The molecule has 4 aromatic rings. The molecule has 9 nitrogen and oxygen atoms in total. The van der Waals surface area contributed by atoms with E-state index in [1.807, 2.05) is 0 Å². The lowest BCUT2D eigenvalue weighted by Gasteiger charge is -2.09. The van der Waals surface area contributed by atoms with Crippen LogP contribution in [0.25, 0.3) is 21.7 Å². The number of hydrogen-bond donors (Lipinski definition) is 2. The third kappa shape index (κ3) is 3.83. The Hall–Kier alpha value is -3.85. The number of nitrogens with one attached hydrogen (secondary N) is 2. The van der Waals surface area contributed by atoms with Gasteiger partial charge < -0.3 is 10.1 Å². The van der Waals surface area contributed by atoms with Crippen LogP contribution in [0.5, 0.6) is 0 Å². The fourth-order valence-corrected chi connectivity index (χ4v) is 3.25. The zero-order valence-electron chi connectivity index (χ0n) is 16.2. The number of H-pyrrole nitrogens is 1. The van der Waals surface area contributed by atoms with Crippen molar-refractivity contribution in [1.29, 1.82) is 0 Å². The van der Waals surface area contributed by atoms with E-state index >= 15 is 0 Å². The topological polar surface area (TPSA) is 119 Å². The van der Waals surface area contributed by atoms with Gasteiger partial charge in [-0.05, 0) is 24.3 Å². The first-order chi connectivity index (χ1) is 14.6. The number of benzene rings is 2. The molecule has 0 aliphatic carbocycles. The number of ether oxygens (including phenoxy) is 1. The molecule has 0 unspecified atom stereocenters. The highest BCUT2D eigenvalue weighted by molar-refractivity contribution is 5.96. The second-order valence-corrected chi connectivity index (χ2v) is 6.74. The van der Waals surface area contributed by atoms with Crippen LogP contribution < -0.4 is 16.4 Å². The third-order valence-electron chi connectivity index (χ3n) is 4.75. The maximum absolute atomic E-state index is 12.7. The second-order valence-electron chi connectivity index (χ2n) is 6.74. The van der Waals surface area contributed by atoms with E-state index in [0.29, 0.717) is 46.2 Å². The molecule has 0 atom stereocenters. The molecule has 0 bridgehead atoms. The summed E-state index contributed by atoms with van der Waals surface area (Å²) in [6.45, 7) is 0.781. The van der Waals surface area contributed by atoms with E-state index < -0.39 is 0 Å². The fourth-order valence-electron chi connectivity index (χ4n) is 3.25. The molecule has 0 saturated carbocycles. The Morgan fingerprint density at radius 3 is 2.73 bits per heavy atom. The minimum atomic E-state index is -0.317. The van der Waals surface area contributed by atoms with E-state index in [1.165, 1.54) is 10.9 Å². The van der Waals surface area contributed by atoms with E-state index in [0.717, 1.165) is 0 Å². The summed E-state index contributed by atoms with van der Waals surface area (Å²) in [5.74, 6) is -0.317. The van der Waals surface area contributed by atoms with Gasteiger partial charge in [-0.15, -0.1) is 0 Å². The number of carbonyl (C=O) groups excluding carboxylic acids is 1. The fraction of sp³-hybridized carbons (Fsp3) is 0.190. The zero-order chi connectivity index (χ0) is 21.1. The predicted octanol–water partition coefficient (Wildman–Crippen LogP) is 1.46. The molecule has 152 valence electrons. The maximum atomic E-state index is 12.7. The Balaban J connectivity index is 1.59. The van der Waals surface area contributed by atoms with Crippen LogP contribution in [0.3, 0.4) is 0 Å². The maximum Gasteiger partial charge on any atom is 0.272 e. The SMILES string of the molecule is COCCn1cnc2ccc(NC(=O)Cc3n[nH]c(=O)c4ccccc34)cc2c1=O. The van der Waals surface area contributed by atoms with Crippen molar-refractivity contribution in [2.75, 3.05) is 19.0 Å². The average molecular weight is 405 g/mol. The van der Waals surface area contributed by atoms with Crippen molar-refractivity contribution in [1.82, 2.24) is 19.7 Å². The third-order valence-corrected chi connectivity index (χ3v) is 4.75. The number of amides is 1. The normalized spacial score (nSPS) is 11.1. The molecular formula is C21H19N5O4. The van der Waals surface area contributed by atoms with Crippen LogP contribution in [0.1, 0.15) is 5.69 Å². The highest BCUT2D eigenvalue weighted by Crippen LogP contribution is 2.16. The van der Waals surface area contributed by atoms with Gasteiger partial charge in [0.2, 0.25) is 5.91 Å². The summed E-state index contributed by atoms with van der Waals surface area (Å²) in [4.78, 5) is 41.4. The summed E-state index contributed by atoms with van der Waals surface area (Å²) in [6, 6.07) is 11.9. The van der Waals surface area contributed by atoms with Crippen LogP contribution >= 0.6 is 0 Å². The molecule has 2 heterocycles. The van der Waals surface area contributed by atoms with Gasteiger partial charge in [-0.3, -0.25) is 19.0 Å². The van der Waals surface area contributed by atoms with Gasteiger partial charge in [0.05, 0.1) is 47.9 Å². The Morgan fingerprint density at radius 2 is 1.93 bits per heavy atom. The Bertz CT molecular complexity index is 1360. The van der Waals surface area contributed by atoms with Crippen LogP contribution in [-0.4, -0.2) is 39.4 Å². The predicted molar refractivity (Wildman–Crippen MR) is 113 cm³/mol. The summed E-state index contributed by atoms with van der Waals surface area (Å²) < 4.78 is 6.48. The summed E-state index contributed by atoms with van der Waals surface area (Å²) in [5.41, 5.74) is 0.972. The number of fused-ring (bicyclic) bond motifs is 2. The number of aromatic nitrogens is 4. The molecule has 0 aliphatic heterocycles. The van der Waals surface area contributed by atoms with Crippen LogP contribution in [0.2, 0.25) is 0 Å². The Kier molecular flexibility index (Phi) is 5.36. The summed E-state index contributed by atoms with van der Waals surface area (Å²) in [6.07, 6.45) is 1.45. The number of anilines is 1. The van der Waals surface area contributed by atoms with Crippen LogP contribution in [0.15, 0.2) is 58.4 Å². The van der Waals surface area contributed by atoms with E-state index in [1.54, 1.807) is 49.6 Å². The lowest BCUT2D eigenvalue weighted by atomic mass is 10.1. The van der Waals surface area contributed by atoms with Crippen molar-refractivity contribution in [2.24, 2.45) is 0 Å². The van der Waals surface area contributed by atoms with Gasteiger partial charge in [0.1, 0.15) is 0 Å². The number of carbonyl (C=O) groups is 1. The van der Waals surface area contributed by atoms with E-state index in [4.69, 9.17) is 4.74 Å². The van der Waals surface area contributed by atoms with Crippen LogP contribution in [0, 0.1) is 0 Å². The Morgan fingerprint density at radius 1 is 1.13 bits per heavy atom. The molecular weight excluding hydrogens is 386 g/mol. The molecule has 0 radical (unpaired) electrons. The van der Waals surface area contributed by atoms with Gasteiger partial charge in [0.15, 0.2) is 0 Å². The van der Waals surface area contributed by atoms with Gasteiger partial charge in [-0.1, -0.05) is 18.2 Å². The van der Waals surface area contributed by atoms with Crippen molar-refractivity contribution < 1.29 is 9.53 Å². The van der Waals surface area contributed by atoms with Gasteiger partial charge in [0.25, 0.3) is 11.1 Å². The number of methoxy groups -OCH3 is 1. The molecule has 2 N–H and O–H groups in total. The van der Waals surface area contributed by atoms with Gasteiger partial charge in [-0.2, -0.15) is 5.10 Å². The highest BCUT2D eigenvalue weighted by Gasteiger charge is 2.12. The monoisotopic (exact) mass is 405 g/mol. The summed E-state index contributed by atoms with van der Waals surface area (Å²) >= 11 is 0. The molecule has 30 heavy (non-hydrogen) atoms. The number of nitrogens with zero attached hydrogens (tertiary/aromatic N) is 3. The molecule has 1 amide bonds.